The number of rotatable bonds is 5. The van der Waals surface area contributed by atoms with Crippen LogP contribution in [0.1, 0.15) is 16.1 Å². The number of likely N-dealkylation sites (N-methyl/N-ethyl adjacent to an activating group) is 2. The Balaban J connectivity index is 2.10. The number of amides is 1. The van der Waals surface area contributed by atoms with Gasteiger partial charge in [-0.25, -0.2) is 9.37 Å². The molecule has 3 rings (SSSR count). The molecule has 0 aliphatic heterocycles. The number of nitrogens with zero attached hydrogens (tertiary/aromatic N) is 3. The highest BCUT2D eigenvalue weighted by Crippen LogP contribution is 2.27. The zero-order valence-electron chi connectivity index (χ0n) is 14.3. The topological polar surface area (TPSA) is 71.3 Å². The third kappa shape index (κ3) is 3.36. The summed E-state index contributed by atoms with van der Waals surface area (Å²) < 4.78 is 18.4. The smallest absolute Gasteiger partial charge is 0.259 e. The SMILES string of the molecule is CNCCN(C)C(=O)c1cc(-c2ccc(F)cc2)nc2onc(C)c12. The fraction of sp³-hybridized carbons (Fsp3) is 0.278. The summed E-state index contributed by atoms with van der Waals surface area (Å²) in [5.41, 5.74) is 2.61. The number of aryl methyl sites for hydroxylation is 1. The lowest BCUT2D eigenvalue weighted by Gasteiger charge is -2.17. The number of aromatic nitrogens is 2. The molecule has 0 atom stereocenters. The summed E-state index contributed by atoms with van der Waals surface area (Å²) in [6.07, 6.45) is 0. The molecule has 0 saturated carbocycles. The number of benzene rings is 1. The molecule has 0 saturated heterocycles. The van der Waals surface area contributed by atoms with Gasteiger partial charge in [-0.3, -0.25) is 4.79 Å². The van der Waals surface area contributed by atoms with E-state index < -0.39 is 0 Å². The number of pyridine rings is 1. The van der Waals surface area contributed by atoms with Gasteiger partial charge in [-0.05, 0) is 44.3 Å². The van der Waals surface area contributed by atoms with E-state index in [4.69, 9.17) is 4.52 Å². The minimum Gasteiger partial charge on any atom is -0.340 e. The van der Waals surface area contributed by atoms with Crippen LogP contribution in [0.4, 0.5) is 4.39 Å². The molecule has 130 valence electrons. The zero-order chi connectivity index (χ0) is 18.0. The van der Waals surface area contributed by atoms with Crippen molar-refractivity contribution >= 4 is 17.0 Å². The first-order valence-electron chi connectivity index (χ1n) is 7.94. The first-order valence-corrected chi connectivity index (χ1v) is 7.94. The molecule has 2 aromatic heterocycles. The third-order valence-electron chi connectivity index (χ3n) is 4.03. The molecule has 1 aromatic carbocycles. The average molecular weight is 342 g/mol. The van der Waals surface area contributed by atoms with Crippen LogP contribution in [0, 0.1) is 12.7 Å². The van der Waals surface area contributed by atoms with E-state index in [1.807, 2.05) is 7.05 Å². The molecule has 0 fully saturated rings. The van der Waals surface area contributed by atoms with E-state index in [-0.39, 0.29) is 11.7 Å². The molecule has 0 aliphatic carbocycles. The molecule has 0 bridgehead atoms. The fourth-order valence-corrected chi connectivity index (χ4v) is 2.62. The Hall–Kier alpha value is -2.80. The average Bonchev–Trinajstić information content (AvgIpc) is 3.00. The van der Waals surface area contributed by atoms with Gasteiger partial charge >= 0.3 is 0 Å². The van der Waals surface area contributed by atoms with Crippen molar-refractivity contribution in [2.24, 2.45) is 0 Å². The second kappa shape index (κ2) is 6.98. The summed E-state index contributed by atoms with van der Waals surface area (Å²) in [7, 11) is 3.58. The van der Waals surface area contributed by atoms with Gasteiger partial charge in [0.1, 0.15) is 5.82 Å². The maximum Gasteiger partial charge on any atom is 0.259 e. The monoisotopic (exact) mass is 342 g/mol. The van der Waals surface area contributed by atoms with Crippen LogP contribution in [-0.2, 0) is 0 Å². The summed E-state index contributed by atoms with van der Waals surface area (Å²) >= 11 is 0. The highest BCUT2D eigenvalue weighted by Gasteiger charge is 2.21. The van der Waals surface area contributed by atoms with Crippen molar-refractivity contribution in [3.8, 4) is 11.3 Å². The van der Waals surface area contributed by atoms with Gasteiger partial charge < -0.3 is 14.7 Å². The quantitative estimate of drug-likeness (QED) is 0.772. The van der Waals surface area contributed by atoms with E-state index in [0.717, 1.165) is 0 Å². The van der Waals surface area contributed by atoms with Gasteiger partial charge in [-0.2, -0.15) is 0 Å². The van der Waals surface area contributed by atoms with Gasteiger partial charge in [0.15, 0.2) is 0 Å². The van der Waals surface area contributed by atoms with Crippen molar-refractivity contribution in [1.29, 1.82) is 0 Å². The van der Waals surface area contributed by atoms with E-state index >= 15 is 0 Å². The molecule has 0 radical (unpaired) electrons. The van der Waals surface area contributed by atoms with Gasteiger partial charge in [0, 0.05) is 25.7 Å². The number of carbonyl (C=O) groups excluding carboxylic acids is 1. The van der Waals surface area contributed by atoms with Crippen LogP contribution in [0.15, 0.2) is 34.9 Å². The number of halogens is 1. The van der Waals surface area contributed by atoms with E-state index in [2.05, 4.69) is 15.5 Å². The summed E-state index contributed by atoms with van der Waals surface area (Å²) in [6.45, 7) is 3.02. The van der Waals surface area contributed by atoms with E-state index in [9.17, 15) is 9.18 Å². The maximum absolute atomic E-state index is 13.2. The Labute approximate surface area is 144 Å². The molecule has 7 heteroatoms. The minimum atomic E-state index is -0.330. The second-order valence-electron chi connectivity index (χ2n) is 5.84. The molecular formula is C18H19FN4O2. The summed E-state index contributed by atoms with van der Waals surface area (Å²) in [4.78, 5) is 19.0. The standard InChI is InChI=1S/C18H19FN4O2/c1-11-16-14(18(24)23(3)9-8-20-2)10-15(21-17(16)25-22-11)12-4-6-13(19)7-5-12/h4-7,10,20H,8-9H2,1-3H3. The van der Waals surface area contributed by atoms with E-state index in [1.165, 1.54) is 12.1 Å². The number of nitrogens with one attached hydrogen (secondary N) is 1. The predicted molar refractivity (Wildman–Crippen MR) is 92.8 cm³/mol. The number of carbonyl (C=O) groups is 1. The Morgan fingerprint density at radius 1 is 1.32 bits per heavy atom. The molecule has 0 unspecified atom stereocenters. The highest BCUT2D eigenvalue weighted by molar-refractivity contribution is 6.06. The number of fused-ring (bicyclic) bond motifs is 1. The van der Waals surface area contributed by atoms with Gasteiger partial charge in [0.05, 0.1) is 22.3 Å². The van der Waals surface area contributed by atoms with Crippen LogP contribution in [0.2, 0.25) is 0 Å². The third-order valence-corrected chi connectivity index (χ3v) is 4.03. The largest absolute Gasteiger partial charge is 0.340 e. The van der Waals surface area contributed by atoms with Crippen molar-refractivity contribution in [3.63, 3.8) is 0 Å². The van der Waals surface area contributed by atoms with Crippen LogP contribution in [0.3, 0.4) is 0 Å². The Morgan fingerprint density at radius 2 is 2.04 bits per heavy atom. The van der Waals surface area contributed by atoms with Crippen molar-refractivity contribution in [1.82, 2.24) is 20.4 Å². The van der Waals surface area contributed by atoms with Crippen molar-refractivity contribution in [3.05, 3.63) is 47.4 Å². The van der Waals surface area contributed by atoms with Crippen LogP contribution >= 0.6 is 0 Å². The predicted octanol–water partition coefficient (Wildman–Crippen LogP) is 2.63. The van der Waals surface area contributed by atoms with Gasteiger partial charge in [0.25, 0.3) is 11.6 Å². The summed E-state index contributed by atoms with van der Waals surface area (Å²) in [6, 6.07) is 7.65. The molecule has 0 spiro atoms. The highest BCUT2D eigenvalue weighted by atomic mass is 19.1. The lowest BCUT2D eigenvalue weighted by molar-refractivity contribution is 0.0798. The second-order valence-corrected chi connectivity index (χ2v) is 5.84. The normalized spacial score (nSPS) is 11.0. The first kappa shape index (κ1) is 17.0. The lowest BCUT2D eigenvalue weighted by Crippen LogP contribution is -2.33. The van der Waals surface area contributed by atoms with Crippen molar-refractivity contribution < 1.29 is 13.7 Å². The van der Waals surface area contributed by atoms with E-state index in [0.29, 0.717) is 46.7 Å². The van der Waals surface area contributed by atoms with Gasteiger partial charge in [-0.15, -0.1) is 0 Å². The van der Waals surface area contributed by atoms with Crippen LogP contribution in [-0.4, -0.2) is 48.1 Å². The van der Waals surface area contributed by atoms with Gasteiger partial charge in [-0.1, -0.05) is 5.16 Å². The summed E-state index contributed by atoms with van der Waals surface area (Å²) in [5.74, 6) is -0.472. The molecule has 2 heterocycles. The molecule has 0 aliphatic rings. The fourth-order valence-electron chi connectivity index (χ4n) is 2.62. The molecule has 6 nitrogen and oxygen atoms in total. The van der Waals surface area contributed by atoms with Crippen molar-refractivity contribution in [2.75, 3.05) is 27.2 Å². The molecule has 1 N–H and O–H groups in total. The molecule has 25 heavy (non-hydrogen) atoms. The van der Waals surface area contributed by atoms with Crippen LogP contribution < -0.4 is 5.32 Å². The Morgan fingerprint density at radius 3 is 2.72 bits per heavy atom. The minimum absolute atomic E-state index is 0.141. The zero-order valence-corrected chi connectivity index (χ0v) is 14.3. The van der Waals surface area contributed by atoms with Gasteiger partial charge in [0.2, 0.25) is 0 Å². The molecular weight excluding hydrogens is 323 g/mol. The number of hydrogen-bond acceptors (Lipinski definition) is 5. The maximum atomic E-state index is 13.2. The lowest BCUT2D eigenvalue weighted by atomic mass is 10.0. The number of hydrogen-bond donors (Lipinski definition) is 1. The Kier molecular flexibility index (Phi) is 4.76. The van der Waals surface area contributed by atoms with Crippen LogP contribution in [0.5, 0.6) is 0 Å². The van der Waals surface area contributed by atoms with Crippen LogP contribution in [0.25, 0.3) is 22.4 Å². The first-order chi connectivity index (χ1) is 12.0. The summed E-state index contributed by atoms with van der Waals surface area (Å²) in [5, 5.41) is 7.55. The molecule has 1 amide bonds. The Bertz CT molecular complexity index is 905. The van der Waals surface area contributed by atoms with Crippen molar-refractivity contribution in [2.45, 2.75) is 6.92 Å². The molecule has 3 aromatic rings. The van der Waals surface area contributed by atoms with E-state index in [1.54, 1.807) is 37.1 Å².